The molecule has 6 heteroatoms. The zero-order valence-corrected chi connectivity index (χ0v) is 45.6. The average molecular weight is 957 g/mol. The van der Waals surface area contributed by atoms with Crippen LogP contribution < -0.4 is 5.32 Å². The smallest absolute Gasteiger partial charge is 0.305 e. The van der Waals surface area contributed by atoms with Gasteiger partial charge in [-0.2, -0.15) is 0 Å². The van der Waals surface area contributed by atoms with Crippen LogP contribution in [-0.2, 0) is 14.3 Å². The maximum atomic E-state index is 12.5. The first-order valence-electron chi connectivity index (χ1n) is 30.3. The number of ether oxygens (including phenoxy) is 1. The number of nitrogens with one attached hydrogen (secondary N) is 1. The first-order valence-corrected chi connectivity index (χ1v) is 30.3. The van der Waals surface area contributed by atoms with Gasteiger partial charge in [0, 0.05) is 12.8 Å². The largest absolute Gasteiger partial charge is 0.466 e. The molecular formula is C62H117NO5. The minimum Gasteiger partial charge on any atom is -0.466 e. The van der Waals surface area contributed by atoms with Gasteiger partial charge in [0.2, 0.25) is 5.91 Å². The Morgan fingerprint density at radius 1 is 0.412 bits per heavy atom. The molecule has 3 N–H and O–H groups in total. The van der Waals surface area contributed by atoms with Crippen molar-refractivity contribution < 1.29 is 24.5 Å². The molecule has 0 spiro atoms. The molecule has 68 heavy (non-hydrogen) atoms. The van der Waals surface area contributed by atoms with Crippen LogP contribution >= 0.6 is 0 Å². The number of rotatable bonds is 56. The summed E-state index contributed by atoms with van der Waals surface area (Å²) in [4.78, 5) is 24.5. The lowest BCUT2D eigenvalue weighted by Gasteiger charge is -2.20. The number of amides is 1. The highest BCUT2D eigenvalue weighted by atomic mass is 16.5. The van der Waals surface area contributed by atoms with Crippen LogP contribution in [0, 0.1) is 0 Å². The third kappa shape index (κ3) is 53.4. The first-order chi connectivity index (χ1) is 33.5. The fourth-order valence-corrected chi connectivity index (χ4v) is 9.24. The molecule has 0 aliphatic carbocycles. The molecule has 0 aliphatic heterocycles. The van der Waals surface area contributed by atoms with Crippen LogP contribution in [0.2, 0.25) is 0 Å². The van der Waals surface area contributed by atoms with Crippen molar-refractivity contribution in [2.24, 2.45) is 0 Å². The van der Waals surface area contributed by atoms with E-state index in [1.807, 2.05) is 6.08 Å². The van der Waals surface area contributed by atoms with E-state index in [1.165, 1.54) is 244 Å². The van der Waals surface area contributed by atoms with Crippen molar-refractivity contribution in [3.05, 3.63) is 36.5 Å². The summed E-state index contributed by atoms with van der Waals surface area (Å²) in [5, 5.41) is 23.2. The molecule has 0 aromatic rings. The Kier molecular flexibility index (Phi) is 56.0. The van der Waals surface area contributed by atoms with Gasteiger partial charge in [0.25, 0.3) is 0 Å². The zero-order chi connectivity index (χ0) is 49.3. The summed E-state index contributed by atoms with van der Waals surface area (Å²) in [5.74, 6) is -0.0784. The highest BCUT2D eigenvalue weighted by Gasteiger charge is 2.18. The Bertz CT molecular complexity index is 1100. The average Bonchev–Trinajstić information content (AvgIpc) is 3.34. The molecular weight excluding hydrogens is 839 g/mol. The molecule has 0 radical (unpaired) electrons. The van der Waals surface area contributed by atoms with Gasteiger partial charge >= 0.3 is 5.97 Å². The van der Waals surface area contributed by atoms with Gasteiger partial charge in [-0.3, -0.25) is 9.59 Å². The molecule has 0 aromatic heterocycles. The third-order valence-corrected chi connectivity index (χ3v) is 13.9. The van der Waals surface area contributed by atoms with E-state index >= 15 is 0 Å². The van der Waals surface area contributed by atoms with Crippen LogP contribution in [0.1, 0.15) is 322 Å². The Balaban J connectivity index is 3.45. The van der Waals surface area contributed by atoms with E-state index in [4.69, 9.17) is 4.74 Å². The molecule has 2 unspecified atom stereocenters. The number of hydrogen-bond donors (Lipinski definition) is 3. The van der Waals surface area contributed by atoms with E-state index in [2.05, 4.69) is 43.5 Å². The van der Waals surface area contributed by atoms with Gasteiger partial charge < -0.3 is 20.3 Å². The fourth-order valence-electron chi connectivity index (χ4n) is 9.24. The molecule has 0 rings (SSSR count). The van der Waals surface area contributed by atoms with Crippen LogP contribution in [0.4, 0.5) is 0 Å². The predicted octanol–water partition coefficient (Wildman–Crippen LogP) is 18.8. The van der Waals surface area contributed by atoms with E-state index in [-0.39, 0.29) is 18.5 Å². The maximum absolute atomic E-state index is 12.5. The Morgan fingerprint density at radius 3 is 1.16 bits per heavy atom. The lowest BCUT2D eigenvalue weighted by atomic mass is 10.0. The number of carbonyl (C=O) groups is 2. The Morgan fingerprint density at radius 2 is 0.750 bits per heavy atom. The minimum atomic E-state index is -0.848. The summed E-state index contributed by atoms with van der Waals surface area (Å²) in [6.45, 7) is 4.86. The van der Waals surface area contributed by atoms with Gasteiger partial charge in [0.05, 0.1) is 25.4 Å². The second kappa shape index (κ2) is 57.7. The number of allylic oxidation sites excluding steroid dienone is 5. The second-order valence-corrected chi connectivity index (χ2v) is 20.7. The van der Waals surface area contributed by atoms with Crippen LogP contribution in [0.5, 0.6) is 0 Å². The number of aliphatic hydroxyl groups excluding tert-OH is 2. The molecule has 0 heterocycles. The van der Waals surface area contributed by atoms with E-state index in [0.717, 1.165) is 51.4 Å². The molecule has 0 fully saturated rings. The topological polar surface area (TPSA) is 95.9 Å². The monoisotopic (exact) mass is 956 g/mol. The molecule has 6 nitrogen and oxygen atoms in total. The molecule has 0 aliphatic rings. The summed E-state index contributed by atoms with van der Waals surface area (Å²) in [7, 11) is 0. The van der Waals surface area contributed by atoms with Gasteiger partial charge in [-0.05, 0) is 57.8 Å². The van der Waals surface area contributed by atoms with Gasteiger partial charge in [-0.1, -0.05) is 288 Å². The summed E-state index contributed by atoms with van der Waals surface area (Å²) >= 11 is 0. The summed E-state index contributed by atoms with van der Waals surface area (Å²) in [6.07, 6.45) is 71.7. The van der Waals surface area contributed by atoms with E-state index in [9.17, 15) is 19.8 Å². The van der Waals surface area contributed by atoms with Gasteiger partial charge in [-0.15, -0.1) is 0 Å². The second-order valence-electron chi connectivity index (χ2n) is 20.7. The SMILES string of the molecule is CCCC/C=C\C/C=C\CCCCCCCC(=O)OCCCCCCCCCCCCCCCCCCCCC(=O)NC(CO)C(O)/C=C/CCCCCCCCCCCCCCCCCCC. The lowest BCUT2D eigenvalue weighted by Crippen LogP contribution is -2.45. The number of carbonyl (C=O) groups excluding carboxylic acids is 2. The molecule has 2 atom stereocenters. The summed E-state index contributed by atoms with van der Waals surface area (Å²) in [6, 6.07) is -0.632. The van der Waals surface area contributed by atoms with Crippen molar-refractivity contribution in [1.29, 1.82) is 0 Å². The molecule has 0 bridgehead atoms. The fraction of sp³-hybridized carbons (Fsp3) is 0.871. The van der Waals surface area contributed by atoms with Crippen LogP contribution in [0.3, 0.4) is 0 Å². The summed E-state index contributed by atoms with van der Waals surface area (Å²) in [5.41, 5.74) is 0. The van der Waals surface area contributed by atoms with Gasteiger partial charge in [0.15, 0.2) is 0 Å². The number of esters is 1. The molecule has 400 valence electrons. The van der Waals surface area contributed by atoms with Crippen molar-refractivity contribution >= 4 is 11.9 Å². The molecule has 0 aromatic carbocycles. The van der Waals surface area contributed by atoms with Crippen molar-refractivity contribution in [2.75, 3.05) is 13.2 Å². The predicted molar refractivity (Wildman–Crippen MR) is 296 cm³/mol. The van der Waals surface area contributed by atoms with Gasteiger partial charge in [0.1, 0.15) is 0 Å². The van der Waals surface area contributed by atoms with Crippen LogP contribution in [-0.4, -0.2) is 47.4 Å². The standard InChI is InChI=1S/C62H117NO5/c1-3-5-7-9-11-13-15-17-19-20-21-24-27-30-34-38-42-46-50-54-60(65)59(58-64)63-61(66)55-51-47-43-39-35-31-28-25-22-23-26-29-33-37-41-45-49-53-57-68-62(67)56-52-48-44-40-36-32-18-16-14-12-10-8-6-4-2/h10,12,16,18,50,54,59-60,64-65H,3-9,11,13-15,17,19-49,51-53,55-58H2,1-2H3,(H,63,66)/b12-10-,18-16-,54-50+. The van der Waals surface area contributed by atoms with Crippen molar-refractivity contribution in [1.82, 2.24) is 5.32 Å². The summed E-state index contributed by atoms with van der Waals surface area (Å²) < 4.78 is 5.47. The zero-order valence-electron chi connectivity index (χ0n) is 45.6. The number of unbranched alkanes of at least 4 members (excludes halogenated alkanes) is 41. The molecule has 1 amide bonds. The normalized spacial score (nSPS) is 12.8. The Hall–Kier alpha value is -1.92. The highest BCUT2D eigenvalue weighted by Crippen LogP contribution is 2.17. The van der Waals surface area contributed by atoms with Crippen LogP contribution in [0.15, 0.2) is 36.5 Å². The van der Waals surface area contributed by atoms with Crippen molar-refractivity contribution in [3.8, 4) is 0 Å². The molecule has 0 saturated carbocycles. The van der Waals surface area contributed by atoms with Gasteiger partial charge in [-0.25, -0.2) is 0 Å². The maximum Gasteiger partial charge on any atom is 0.305 e. The third-order valence-electron chi connectivity index (χ3n) is 13.9. The van der Waals surface area contributed by atoms with Crippen molar-refractivity contribution in [2.45, 2.75) is 334 Å². The van der Waals surface area contributed by atoms with Crippen molar-refractivity contribution in [3.63, 3.8) is 0 Å². The molecule has 0 saturated heterocycles. The van der Waals surface area contributed by atoms with E-state index < -0.39 is 12.1 Å². The Labute approximate surface area is 424 Å². The number of hydrogen-bond acceptors (Lipinski definition) is 5. The van der Waals surface area contributed by atoms with Crippen LogP contribution in [0.25, 0.3) is 0 Å². The lowest BCUT2D eigenvalue weighted by molar-refractivity contribution is -0.143. The minimum absolute atomic E-state index is 0.00804. The highest BCUT2D eigenvalue weighted by molar-refractivity contribution is 5.76. The van der Waals surface area contributed by atoms with E-state index in [1.54, 1.807) is 6.08 Å². The van der Waals surface area contributed by atoms with E-state index in [0.29, 0.717) is 19.4 Å². The quantitative estimate of drug-likeness (QED) is 0.0321. The number of aliphatic hydroxyl groups is 2. The first kappa shape index (κ1) is 66.1.